The van der Waals surface area contributed by atoms with Crippen molar-refractivity contribution < 1.29 is 9.53 Å². The predicted molar refractivity (Wildman–Crippen MR) is 89.4 cm³/mol. The van der Waals surface area contributed by atoms with E-state index in [9.17, 15) is 4.79 Å². The molecule has 0 spiro atoms. The number of para-hydroxylation sites is 1. The molecule has 2 N–H and O–H groups in total. The van der Waals surface area contributed by atoms with Crippen LogP contribution in [0.1, 0.15) is 12.5 Å². The van der Waals surface area contributed by atoms with E-state index in [4.69, 9.17) is 4.74 Å². The molecule has 0 fully saturated rings. The summed E-state index contributed by atoms with van der Waals surface area (Å²) in [7, 11) is 0. The van der Waals surface area contributed by atoms with Crippen LogP contribution in [0.25, 0.3) is 0 Å². The number of carbonyl (C=O) groups is 1. The van der Waals surface area contributed by atoms with E-state index in [2.05, 4.69) is 15.7 Å². The van der Waals surface area contributed by atoms with Crippen molar-refractivity contribution in [2.75, 3.05) is 19.7 Å². The molecule has 23 heavy (non-hydrogen) atoms. The number of nitrogens with zero attached hydrogens (tertiary/aromatic N) is 2. The minimum Gasteiger partial charge on any atom is -0.492 e. The summed E-state index contributed by atoms with van der Waals surface area (Å²) in [6, 6.07) is 9.72. The van der Waals surface area contributed by atoms with Crippen LogP contribution in [-0.2, 0) is 11.3 Å². The summed E-state index contributed by atoms with van der Waals surface area (Å²) in [4.78, 5) is 11.8. The van der Waals surface area contributed by atoms with Gasteiger partial charge in [0.2, 0.25) is 5.91 Å². The fraction of sp³-hybridized carbons (Fsp3) is 0.412. The van der Waals surface area contributed by atoms with Gasteiger partial charge >= 0.3 is 0 Å². The molecule has 1 amide bonds. The predicted octanol–water partition coefficient (Wildman–Crippen LogP) is 1.36. The maximum atomic E-state index is 11.8. The van der Waals surface area contributed by atoms with Crippen LogP contribution in [0.5, 0.6) is 5.75 Å². The summed E-state index contributed by atoms with van der Waals surface area (Å²) in [5.41, 5.74) is 1.13. The second-order valence-corrected chi connectivity index (χ2v) is 5.53. The molecule has 1 aromatic carbocycles. The van der Waals surface area contributed by atoms with E-state index >= 15 is 0 Å². The maximum Gasteiger partial charge on any atom is 0.234 e. The van der Waals surface area contributed by atoms with Crippen LogP contribution in [0.2, 0.25) is 0 Å². The molecule has 1 aromatic heterocycles. The third-order valence-corrected chi connectivity index (χ3v) is 3.27. The van der Waals surface area contributed by atoms with Crippen LogP contribution < -0.4 is 15.4 Å². The zero-order valence-electron chi connectivity index (χ0n) is 13.7. The third-order valence-electron chi connectivity index (χ3n) is 3.27. The number of aryl methyl sites for hydroxylation is 1. The Kier molecular flexibility index (Phi) is 6.62. The Hall–Kier alpha value is -2.34. The molecule has 0 radical (unpaired) electrons. The lowest BCUT2D eigenvalue weighted by Crippen LogP contribution is -2.40. The molecular weight excluding hydrogens is 292 g/mol. The lowest BCUT2D eigenvalue weighted by Gasteiger charge is -2.14. The van der Waals surface area contributed by atoms with Crippen molar-refractivity contribution in [1.29, 1.82) is 0 Å². The van der Waals surface area contributed by atoms with Gasteiger partial charge in [-0.1, -0.05) is 18.2 Å². The lowest BCUT2D eigenvalue weighted by molar-refractivity contribution is -0.120. The van der Waals surface area contributed by atoms with Gasteiger partial charge in [-0.15, -0.1) is 0 Å². The van der Waals surface area contributed by atoms with Crippen molar-refractivity contribution in [1.82, 2.24) is 20.4 Å². The van der Waals surface area contributed by atoms with Crippen molar-refractivity contribution in [3.8, 4) is 5.75 Å². The minimum absolute atomic E-state index is 0.0369. The van der Waals surface area contributed by atoms with Gasteiger partial charge in [0.1, 0.15) is 12.4 Å². The second-order valence-electron chi connectivity index (χ2n) is 5.53. The molecule has 0 saturated carbocycles. The van der Waals surface area contributed by atoms with Crippen LogP contribution in [-0.4, -0.2) is 41.4 Å². The van der Waals surface area contributed by atoms with E-state index in [0.29, 0.717) is 13.2 Å². The number of rotatable bonds is 9. The van der Waals surface area contributed by atoms with Gasteiger partial charge < -0.3 is 15.4 Å². The Labute approximate surface area is 136 Å². The van der Waals surface area contributed by atoms with E-state index in [-0.39, 0.29) is 18.5 Å². The summed E-state index contributed by atoms with van der Waals surface area (Å²) in [6.07, 6.45) is 3.81. The molecule has 6 nitrogen and oxygen atoms in total. The maximum absolute atomic E-state index is 11.8. The van der Waals surface area contributed by atoms with Crippen molar-refractivity contribution in [3.05, 3.63) is 48.3 Å². The second kappa shape index (κ2) is 8.95. The number of nitrogens with one attached hydrogen (secondary N) is 2. The smallest absolute Gasteiger partial charge is 0.234 e. The fourth-order valence-corrected chi connectivity index (χ4v) is 2.12. The quantitative estimate of drug-likeness (QED) is 0.686. The molecule has 124 valence electrons. The van der Waals surface area contributed by atoms with Crippen LogP contribution in [0.3, 0.4) is 0 Å². The summed E-state index contributed by atoms with van der Waals surface area (Å²) in [5.74, 6) is 0.771. The highest BCUT2D eigenvalue weighted by Gasteiger charge is 2.06. The van der Waals surface area contributed by atoms with E-state index in [1.165, 1.54) is 0 Å². The van der Waals surface area contributed by atoms with Gasteiger partial charge in [0, 0.05) is 12.2 Å². The summed E-state index contributed by atoms with van der Waals surface area (Å²) in [6.45, 7) is 6.00. The van der Waals surface area contributed by atoms with Crippen molar-refractivity contribution in [2.24, 2.45) is 0 Å². The largest absolute Gasteiger partial charge is 0.492 e. The molecular formula is C17H24N4O2. The highest BCUT2D eigenvalue weighted by molar-refractivity contribution is 5.77. The highest BCUT2D eigenvalue weighted by atomic mass is 16.5. The first-order chi connectivity index (χ1) is 11.1. The van der Waals surface area contributed by atoms with Gasteiger partial charge in [-0.25, -0.2) is 0 Å². The Morgan fingerprint density at radius 3 is 2.83 bits per heavy atom. The normalized spacial score (nSPS) is 11.9. The standard InChI is InChI=1S/C17H24N4O2/c1-14-10-20-21(12-14)13-15(2)19-11-17(22)18-8-9-23-16-6-4-3-5-7-16/h3-7,10,12,15,19H,8-9,11,13H2,1-2H3,(H,18,22). The average molecular weight is 316 g/mol. The number of carbonyl (C=O) groups excluding carboxylic acids is 1. The summed E-state index contributed by atoms with van der Waals surface area (Å²) < 4.78 is 7.39. The van der Waals surface area contributed by atoms with Gasteiger partial charge in [-0.05, 0) is 31.5 Å². The first-order valence-electron chi connectivity index (χ1n) is 7.80. The fourth-order valence-electron chi connectivity index (χ4n) is 2.12. The van der Waals surface area contributed by atoms with Gasteiger partial charge in [0.15, 0.2) is 0 Å². The van der Waals surface area contributed by atoms with E-state index < -0.39 is 0 Å². The monoisotopic (exact) mass is 316 g/mol. The zero-order valence-corrected chi connectivity index (χ0v) is 13.7. The lowest BCUT2D eigenvalue weighted by atomic mass is 10.3. The number of benzene rings is 1. The van der Waals surface area contributed by atoms with Crippen molar-refractivity contribution in [2.45, 2.75) is 26.4 Å². The van der Waals surface area contributed by atoms with E-state index in [0.717, 1.165) is 17.9 Å². The van der Waals surface area contributed by atoms with Gasteiger partial charge in [-0.2, -0.15) is 5.10 Å². The Morgan fingerprint density at radius 1 is 1.35 bits per heavy atom. The van der Waals surface area contributed by atoms with Crippen LogP contribution in [0.4, 0.5) is 0 Å². The first kappa shape index (κ1) is 17.0. The third kappa shape index (κ3) is 6.52. The van der Waals surface area contributed by atoms with Gasteiger partial charge in [0.05, 0.1) is 25.8 Å². The minimum atomic E-state index is -0.0369. The van der Waals surface area contributed by atoms with Gasteiger partial charge in [-0.3, -0.25) is 9.48 Å². The number of hydrogen-bond donors (Lipinski definition) is 2. The molecule has 1 atom stereocenters. The number of amides is 1. The average Bonchev–Trinajstić information content (AvgIpc) is 2.95. The van der Waals surface area contributed by atoms with Crippen molar-refractivity contribution in [3.63, 3.8) is 0 Å². The van der Waals surface area contributed by atoms with Crippen LogP contribution >= 0.6 is 0 Å². The molecule has 6 heteroatoms. The summed E-state index contributed by atoms with van der Waals surface area (Å²) in [5, 5.41) is 10.2. The molecule has 0 saturated heterocycles. The summed E-state index contributed by atoms with van der Waals surface area (Å²) >= 11 is 0. The number of aromatic nitrogens is 2. The van der Waals surface area contributed by atoms with Crippen molar-refractivity contribution >= 4 is 5.91 Å². The Morgan fingerprint density at radius 2 is 2.13 bits per heavy atom. The molecule has 1 heterocycles. The topological polar surface area (TPSA) is 68.2 Å². The first-order valence-corrected chi connectivity index (χ1v) is 7.80. The Balaban J connectivity index is 1.56. The van der Waals surface area contributed by atoms with E-state index in [1.807, 2.05) is 61.3 Å². The zero-order chi connectivity index (χ0) is 16.5. The number of hydrogen-bond acceptors (Lipinski definition) is 4. The number of ether oxygens (including phenoxy) is 1. The molecule has 0 aliphatic carbocycles. The SMILES string of the molecule is Cc1cnn(CC(C)NCC(=O)NCCOc2ccccc2)c1. The molecule has 2 aromatic rings. The Bertz CT molecular complexity index is 598. The molecule has 0 aliphatic rings. The van der Waals surface area contributed by atoms with Crippen LogP contribution in [0, 0.1) is 6.92 Å². The highest BCUT2D eigenvalue weighted by Crippen LogP contribution is 2.07. The molecule has 1 unspecified atom stereocenters. The van der Waals surface area contributed by atoms with Crippen LogP contribution in [0.15, 0.2) is 42.7 Å². The molecule has 2 rings (SSSR count). The van der Waals surface area contributed by atoms with Gasteiger partial charge in [0.25, 0.3) is 0 Å². The van der Waals surface area contributed by atoms with E-state index in [1.54, 1.807) is 0 Å². The molecule has 0 bridgehead atoms. The molecule has 0 aliphatic heterocycles.